The van der Waals surface area contributed by atoms with E-state index in [1.807, 2.05) is 0 Å². The number of hydrogen-bond donors (Lipinski definition) is 2. The highest BCUT2D eigenvalue weighted by Crippen LogP contribution is 2.05. The highest BCUT2D eigenvalue weighted by Gasteiger charge is 2.06. The second-order valence-corrected chi connectivity index (χ2v) is 2.61. The Bertz CT molecular complexity index is 305. The van der Waals surface area contributed by atoms with Gasteiger partial charge in [-0.15, -0.1) is 5.10 Å². The average Bonchev–Trinajstić information content (AvgIpc) is 2.28. The van der Waals surface area contributed by atoms with Crippen LogP contribution in [0.3, 0.4) is 0 Å². The minimum Gasteiger partial charge on any atom is -0.368 e. The lowest BCUT2D eigenvalue weighted by Crippen LogP contribution is -2.06. The van der Waals surface area contributed by atoms with E-state index in [0.29, 0.717) is 0 Å². The number of aromatic nitrogens is 3. The maximum Gasteiger partial charge on any atom is 0.240 e. The minimum absolute atomic E-state index is 0.0961. The van der Waals surface area contributed by atoms with Crippen molar-refractivity contribution in [2.45, 2.75) is 19.4 Å². The van der Waals surface area contributed by atoms with Gasteiger partial charge in [0, 0.05) is 13.0 Å². The summed E-state index contributed by atoms with van der Waals surface area (Å²) in [5, 5.41) is 5.98. The molecule has 0 bridgehead atoms. The van der Waals surface area contributed by atoms with Gasteiger partial charge in [0.05, 0.1) is 0 Å². The molecule has 0 aliphatic heterocycles. The molecule has 0 spiro atoms. The molecule has 1 aromatic heterocycles. The zero-order valence-electron chi connectivity index (χ0n) is 6.13. The van der Waals surface area contributed by atoms with E-state index >= 15 is 0 Å². The maximum absolute atomic E-state index is 11.8. The van der Waals surface area contributed by atoms with Gasteiger partial charge in [0.2, 0.25) is 12.4 Å². The summed E-state index contributed by atoms with van der Waals surface area (Å²) < 4.78 is 25.1. The molecule has 0 unspecified atom stereocenters. The van der Waals surface area contributed by atoms with Crippen molar-refractivity contribution in [3.8, 4) is 0 Å². The third-order valence-corrected chi connectivity index (χ3v) is 1.67. The van der Waals surface area contributed by atoms with E-state index in [4.69, 9.17) is 18.0 Å². The molecule has 0 aliphatic rings. The maximum atomic E-state index is 11.8. The number of alkyl halides is 2. The number of hydrogen-bond acceptors (Lipinski definition) is 3. The molecule has 0 saturated heterocycles. The van der Waals surface area contributed by atoms with E-state index in [-0.39, 0.29) is 23.7 Å². The average molecular weight is 194 g/mol. The molecule has 4 nitrogen and oxygen atoms in total. The van der Waals surface area contributed by atoms with Crippen LogP contribution in [0.4, 0.5) is 14.7 Å². The molecule has 1 aromatic rings. The quantitative estimate of drug-likeness (QED) is 0.710. The Morgan fingerprint density at radius 1 is 1.67 bits per heavy atom. The molecule has 0 aromatic carbocycles. The van der Waals surface area contributed by atoms with Crippen molar-refractivity contribution < 1.29 is 8.78 Å². The van der Waals surface area contributed by atoms with Crippen LogP contribution in [-0.2, 0) is 6.54 Å². The lowest BCUT2D eigenvalue weighted by molar-refractivity contribution is 0.131. The summed E-state index contributed by atoms with van der Waals surface area (Å²) in [5.41, 5.74) is 5.34. The lowest BCUT2D eigenvalue weighted by Gasteiger charge is -2.01. The molecule has 0 fully saturated rings. The van der Waals surface area contributed by atoms with Crippen LogP contribution in [0.15, 0.2) is 0 Å². The first-order chi connectivity index (χ1) is 5.61. The first-order valence-electron chi connectivity index (χ1n) is 3.30. The van der Waals surface area contributed by atoms with Crippen molar-refractivity contribution in [1.82, 2.24) is 14.8 Å². The standard InChI is InChI=1S/C5H8F2N4S/c6-3(7)1-2-11-4(8)9-10-5(11)12/h3H,1-2H2,(H2,8,9)(H,10,12). The van der Waals surface area contributed by atoms with Gasteiger partial charge in [-0.25, -0.2) is 13.9 Å². The van der Waals surface area contributed by atoms with Crippen molar-refractivity contribution >= 4 is 18.2 Å². The van der Waals surface area contributed by atoms with Crippen LogP contribution in [0.5, 0.6) is 0 Å². The second-order valence-electron chi connectivity index (χ2n) is 2.22. The van der Waals surface area contributed by atoms with Crippen LogP contribution in [0.1, 0.15) is 6.42 Å². The Morgan fingerprint density at radius 2 is 2.33 bits per heavy atom. The van der Waals surface area contributed by atoms with Gasteiger partial charge in [-0.2, -0.15) is 0 Å². The van der Waals surface area contributed by atoms with Crippen molar-refractivity contribution in [2.24, 2.45) is 0 Å². The van der Waals surface area contributed by atoms with Gasteiger partial charge in [-0.05, 0) is 12.2 Å². The second kappa shape index (κ2) is 3.61. The molecular formula is C5H8F2N4S. The largest absolute Gasteiger partial charge is 0.368 e. The third kappa shape index (κ3) is 2.00. The molecule has 0 atom stereocenters. The van der Waals surface area contributed by atoms with E-state index in [2.05, 4.69) is 10.2 Å². The first kappa shape index (κ1) is 9.11. The molecule has 0 amide bonds. The number of aromatic amines is 1. The van der Waals surface area contributed by atoms with Gasteiger partial charge in [0.1, 0.15) is 0 Å². The van der Waals surface area contributed by atoms with Crippen LogP contribution >= 0.6 is 12.2 Å². The summed E-state index contributed by atoms with van der Waals surface area (Å²) in [6.07, 6.45) is -2.61. The topological polar surface area (TPSA) is 59.6 Å². The Labute approximate surface area is 72.4 Å². The molecule has 3 N–H and O–H groups in total. The zero-order valence-corrected chi connectivity index (χ0v) is 6.94. The van der Waals surface area contributed by atoms with Gasteiger partial charge < -0.3 is 5.73 Å². The molecule has 1 heterocycles. The zero-order chi connectivity index (χ0) is 9.14. The van der Waals surface area contributed by atoms with Gasteiger partial charge >= 0.3 is 0 Å². The Hall–Kier alpha value is -0.980. The van der Waals surface area contributed by atoms with Crippen molar-refractivity contribution in [3.05, 3.63) is 4.77 Å². The summed E-state index contributed by atoms with van der Waals surface area (Å²) in [5.74, 6) is 0.139. The van der Waals surface area contributed by atoms with E-state index in [1.54, 1.807) is 0 Å². The molecule has 12 heavy (non-hydrogen) atoms. The fraction of sp³-hybridized carbons (Fsp3) is 0.600. The number of nitrogens with two attached hydrogens (primary N) is 1. The summed E-state index contributed by atoms with van der Waals surface area (Å²) in [4.78, 5) is 0. The Kier molecular flexibility index (Phi) is 2.74. The number of rotatable bonds is 3. The molecule has 68 valence electrons. The van der Waals surface area contributed by atoms with Crippen LogP contribution in [0, 0.1) is 4.77 Å². The van der Waals surface area contributed by atoms with Gasteiger partial charge in [-0.1, -0.05) is 0 Å². The van der Waals surface area contributed by atoms with Crippen molar-refractivity contribution in [3.63, 3.8) is 0 Å². The van der Waals surface area contributed by atoms with Crippen molar-refractivity contribution in [1.29, 1.82) is 0 Å². The van der Waals surface area contributed by atoms with Crippen LogP contribution < -0.4 is 5.73 Å². The minimum atomic E-state index is -2.35. The number of halogens is 2. The summed E-state index contributed by atoms with van der Waals surface area (Å²) in [7, 11) is 0. The molecule has 1 rings (SSSR count). The fourth-order valence-electron chi connectivity index (χ4n) is 0.773. The first-order valence-corrected chi connectivity index (χ1v) is 3.71. The number of nitrogens with zero attached hydrogens (tertiary/aromatic N) is 2. The summed E-state index contributed by atoms with van der Waals surface area (Å²) in [6.45, 7) is 0.0961. The Balaban J connectivity index is 2.68. The van der Waals surface area contributed by atoms with Gasteiger partial charge in [0.15, 0.2) is 4.77 Å². The monoisotopic (exact) mass is 194 g/mol. The fourth-order valence-corrected chi connectivity index (χ4v) is 1.00. The summed E-state index contributed by atoms with van der Waals surface area (Å²) >= 11 is 4.74. The van der Waals surface area contributed by atoms with E-state index in [0.717, 1.165) is 0 Å². The van der Waals surface area contributed by atoms with Crippen LogP contribution in [0.25, 0.3) is 0 Å². The van der Waals surface area contributed by atoms with Crippen molar-refractivity contribution in [2.75, 3.05) is 5.73 Å². The predicted octanol–water partition coefficient (Wildman–Crippen LogP) is 1.18. The molecule has 0 aliphatic carbocycles. The normalized spacial score (nSPS) is 10.9. The highest BCUT2D eigenvalue weighted by atomic mass is 32.1. The van der Waals surface area contributed by atoms with Crippen LogP contribution in [0.2, 0.25) is 0 Å². The molecule has 0 saturated carbocycles. The molecule has 7 heteroatoms. The number of nitrogens with one attached hydrogen (secondary N) is 1. The number of H-pyrrole nitrogens is 1. The smallest absolute Gasteiger partial charge is 0.240 e. The Morgan fingerprint density at radius 3 is 2.75 bits per heavy atom. The highest BCUT2D eigenvalue weighted by molar-refractivity contribution is 7.71. The van der Waals surface area contributed by atoms with Gasteiger partial charge in [-0.3, -0.25) is 4.57 Å². The summed E-state index contributed by atoms with van der Waals surface area (Å²) in [6, 6.07) is 0. The third-order valence-electron chi connectivity index (χ3n) is 1.36. The van der Waals surface area contributed by atoms with Crippen LogP contribution in [-0.4, -0.2) is 21.2 Å². The SMILES string of the molecule is Nc1n[nH]c(=S)n1CCC(F)F. The molecular weight excluding hydrogens is 186 g/mol. The lowest BCUT2D eigenvalue weighted by atomic mass is 10.4. The van der Waals surface area contributed by atoms with E-state index in [9.17, 15) is 8.78 Å². The predicted molar refractivity (Wildman–Crippen MR) is 42.4 cm³/mol. The number of anilines is 1. The van der Waals surface area contributed by atoms with E-state index in [1.165, 1.54) is 4.57 Å². The van der Waals surface area contributed by atoms with Gasteiger partial charge in [0.25, 0.3) is 0 Å². The number of nitrogen functional groups attached to an aromatic ring is 1. The van der Waals surface area contributed by atoms with E-state index < -0.39 is 6.43 Å². The molecule has 0 radical (unpaired) electrons.